The van der Waals surface area contributed by atoms with E-state index in [0.717, 1.165) is 0 Å². The minimum absolute atomic E-state index is 1.22. The Kier molecular flexibility index (Phi) is 3.87. The number of hydrogen-bond donors (Lipinski definition) is 1. The van der Waals surface area contributed by atoms with Crippen molar-refractivity contribution in [3.63, 3.8) is 0 Å². The molecular weight excluding hydrogens is 129 g/mol. The molecule has 0 rings (SSSR count). The van der Waals surface area contributed by atoms with Crippen LogP contribution in [0.15, 0.2) is 11.1 Å². The maximum absolute atomic E-state index is 6.37. The number of nitrogens with one attached hydrogen (secondary N) is 1. The molecule has 1 N–H and O–H groups in total. The van der Waals surface area contributed by atoms with Gasteiger partial charge in [-0.2, -0.15) is 0 Å². The van der Waals surface area contributed by atoms with Crippen molar-refractivity contribution in [2.45, 2.75) is 0 Å². The zero-order chi connectivity index (χ0) is 4.12. The van der Waals surface area contributed by atoms with Gasteiger partial charge in [-0.05, 0) is 0 Å². The molecule has 0 aromatic rings. The monoisotopic (exact) mass is 134 g/mol. The van der Waals surface area contributed by atoms with Gasteiger partial charge in [0.05, 0.1) is 0 Å². The van der Waals surface area contributed by atoms with Crippen LogP contribution in [0.2, 0.25) is 0 Å². The van der Waals surface area contributed by atoms with Crippen LogP contribution in [0.4, 0.5) is 0 Å². The second-order valence-corrected chi connectivity index (χ2v) is 1.07. The molecule has 0 fully saturated rings. The summed E-state index contributed by atoms with van der Waals surface area (Å²) in [7, 11) is 0. The summed E-state index contributed by atoms with van der Waals surface area (Å²) in [6.07, 6.45) is 2.83. The standard InChI is InChI=1S/C3H4NSe/c4-2-1-3-5/h1-4H/b3-1+,4-2?. The third kappa shape index (κ3) is 3.93. The molecule has 5 heavy (non-hydrogen) atoms. The van der Waals surface area contributed by atoms with E-state index in [9.17, 15) is 0 Å². The Labute approximate surface area is 39.4 Å². The molecule has 0 spiro atoms. The van der Waals surface area contributed by atoms with Gasteiger partial charge in [-0.1, -0.05) is 0 Å². The van der Waals surface area contributed by atoms with Gasteiger partial charge >= 0.3 is 38.7 Å². The molecule has 2 heteroatoms. The Balaban J connectivity index is 2.92. The molecule has 1 radical (unpaired) electrons. The molecule has 0 aromatic heterocycles. The van der Waals surface area contributed by atoms with Crippen LogP contribution in [0, 0.1) is 5.41 Å². The van der Waals surface area contributed by atoms with E-state index in [1.165, 1.54) is 6.21 Å². The van der Waals surface area contributed by atoms with Crippen LogP contribution >= 0.6 is 0 Å². The zero-order valence-corrected chi connectivity index (χ0v) is 4.35. The predicted octanol–water partition coefficient (Wildman–Crippen LogP) is 0.318. The zero-order valence-electron chi connectivity index (χ0n) is 2.64. The van der Waals surface area contributed by atoms with Crippen molar-refractivity contribution in [3.8, 4) is 0 Å². The van der Waals surface area contributed by atoms with E-state index in [2.05, 4.69) is 16.0 Å². The van der Waals surface area contributed by atoms with Gasteiger partial charge in [-0.3, -0.25) is 0 Å². The van der Waals surface area contributed by atoms with E-state index in [1.54, 1.807) is 11.1 Å². The molecule has 27 valence electrons. The van der Waals surface area contributed by atoms with Crippen molar-refractivity contribution in [1.82, 2.24) is 0 Å². The summed E-state index contributed by atoms with van der Waals surface area (Å²) < 4.78 is 0. The Morgan fingerprint density at radius 3 is 2.20 bits per heavy atom. The van der Waals surface area contributed by atoms with Crippen LogP contribution in [0.5, 0.6) is 0 Å². The van der Waals surface area contributed by atoms with Gasteiger partial charge in [0.1, 0.15) is 0 Å². The van der Waals surface area contributed by atoms with Crippen molar-refractivity contribution in [1.29, 1.82) is 5.41 Å². The fraction of sp³-hybridized carbons (Fsp3) is 0. The summed E-state index contributed by atoms with van der Waals surface area (Å²) >= 11 is 2.61. The molecule has 0 saturated heterocycles. The van der Waals surface area contributed by atoms with E-state index >= 15 is 0 Å². The average Bonchev–Trinajstić information content (AvgIpc) is 1.41. The van der Waals surface area contributed by atoms with Crippen molar-refractivity contribution >= 4 is 22.2 Å². The Morgan fingerprint density at radius 1 is 1.60 bits per heavy atom. The first-order valence-electron chi connectivity index (χ1n) is 1.19. The van der Waals surface area contributed by atoms with E-state index in [0.29, 0.717) is 0 Å². The first-order chi connectivity index (χ1) is 2.41. The van der Waals surface area contributed by atoms with E-state index in [1.807, 2.05) is 0 Å². The van der Waals surface area contributed by atoms with E-state index in [4.69, 9.17) is 5.41 Å². The number of hydrogen-bond acceptors (Lipinski definition) is 1. The second kappa shape index (κ2) is 3.93. The average molecular weight is 133 g/mol. The normalized spacial score (nSPS) is 8.80. The summed E-state index contributed by atoms with van der Waals surface area (Å²) in [5.41, 5.74) is 0. The van der Waals surface area contributed by atoms with Gasteiger partial charge in [0.2, 0.25) is 0 Å². The molecule has 0 amide bonds. The summed E-state index contributed by atoms with van der Waals surface area (Å²) in [6.45, 7) is 0. The first kappa shape index (κ1) is 4.93. The third-order valence-electron chi connectivity index (χ3n) is 0.175. The van der Waals surface area contributed by atoms with Crippen molar-refractivity contribution in [2.24, 2.45) is 0 Å². The predicted molar refractivity (Wildman–Crippen MR) is 23.7 cm³/mol. The Hall–Kier alpha value is -0.0705. The molecule has 0 aliphatic heterocycles. The van der Waals surface area contributed by atoms with Crippen molar-refractivity contribution in [3.05, 3.63) is 11.1 Å². The van der Waals surface area contributed by atoms with Crippen LogP contribution in [-0.2, 0) is 0 Å². The van der Waals surface area contributed by atoms with Gasteiger partial charge in [0, 0.05) is 0 Å². The van der Waals surface area contributed by atoms with Gasteiger partial charge < -0.3 is 0 Å². The van der Waals surface area contributed by atoms with Crippen LogP contribution in [-0.4, -0.2) is 22.2 Å². The van der Waals surface area contributed by atoms with Crippen LogP contribution < -0.4 is 0 Å². The molecule has 0 heterocycles. The van der Waals surface area contributed by atoms with Crippen LogP contribution in [0.25, 0.3) is 0 Å². The second-order valence-electron chi connectivity index (χ2n) is 0.495. The topological polar surface area (TPSA) is 23.9 Å². The van der Waals surface area contributed by atoms with Gasteiger partial charge in [-0.15, -0.1) is 0 Å². The Bertz CT molecular complexity index is 48.9. The first-order valence-corrected chi connectivity index (χ1v) is 2.18. The SMILES string of the molecule is N=C/C=C/[Se]. The molecule has 0 atom stereocenters. The number of rotatable bonds is 1. The molecule has 0 aliphatic rings. The van der Waals surface area contributed by atoms with Crippen LogP contribution in [0.1, 0.15) is 0 Å². The molecule has 0 aliphatic carbocycles. The van der Waals surface area contributed by atoms with Gasteiger partial charge in [-0.25, -0.2) is 0 Å². The summed E-state index contributed by atoms with van der Waals surface area (Å²) in [6, 6.07) is 0. The minimum atomic E-state index is 1.22. The Morgan fingerprint density at radius 2 is 2.20 bits per heavy atom. The summed E-state index contributed by atoms with van der Waals surface area (Å²) in [5.74, 6) is 0. The fourth-order valence-corrected chi connectivity index (χ4v) is 0.204. The molecule has 0 saturated carbocycles. The molecular formula is C3H4NSe. The van der Waals surface area contributed by atoms with Crippen molar-refractivity contribution in [2.75, 3.05) is 0 Å². The fourth-order valence-electron chi connectivity index (χ4n) is 0.0393. The van der Waals surface area contributed by atoms with Crippen molar-refractivity contribution < 1.29 is 0 Å². The summed E-state index contributed by atoms with van der Waals surface area (Å²) in [4.78, 5) is 1.69. The molecule has 0 unspecified atom stereocenters. The molecule has 0 aromatic carbocycles. The quantitative estimate of drug-likeness (QED) is 0.393. The van der Waals surface area contributed by atoms with Gasteiger partial charge in [0.25, 0.3) is 0 Å². The number of allylic oxidation sites excluding steroid dienone is 1. The molecule has 0 bridgehead atoms. The van der Waals surface area contributed by atoms with E-state index in [-0.39, 0.29) is 0 Å². The van der Waals surface area contributed by atoms with Crippen LogP contribution in [0.3, 0.4) is 0 Å². The third-order valence-corrected chi connectivity index (χ3v) is 0.504. The van der Waals surface area contributed by atoms with E-state index < -0.39 is 0 Å². The maximum atomic E-state index is 6.37. The van der Waals surface area contributed by atoms with Gasteiger partial charge in [0.15, 0.2) is 0 Å². The summed E-state index contributed by atoms with van der Waals surface area (Å²) in [5, 5.41) is 6.37. The molecule has 1 nitrogen and oxygen atoms in total.